The van der Waals surface area contributed by atoms with Gasteiger partial charge in [-0.25, -0.2) is 4.39 Å². The number of guanidine groups is 1. The third-order valence-corrected chi connectivity index (χ3v) is 5.48. The molecule has 0 amide bonds. The van der Waals surface area contributed by atoms with E-state index in [1.165, 1.54) is 6.07 Å². The average Bonchev–Trinajstić information content (AvgIpc) is 2.83. The second kappa shape index (κ2) is 14.3. The van der Waals surface area contributed by atoms with Crippen molar-refractivity contribution in [3.05, 3.63) is 65.5 Å². The van der Waals surface area contributed by atoms with Gasteiger partial charge >= 0.3 is 0 Å². The molecule has 2 unspecified atom stereocenters. The summed E-state index contributed by atoms with van der Waals surface area (Å²) in [5.41, 5.74) is 1.42. The van der Waals surface area contributed by atoms with Crippen molar-refractivity contribution in [2.75, 3.05) is 53.0 Å². The summed E-state index contributed by atoms with van der Waals surface area (Å²) in [6, 6.07) is 14.4. The van der Waals surface area contributed by atoms with Gasteiger partial charge in [0, 0.05) is 31.7 Å². The van der Waals surface area contributed by atoms with Crippen LogP contribution in [-0.2, 0) is 4.74 Å². The first-order valence-corrected chi connectivity index (χ1v) is 11.0. The Morgan fingerprint density at radius 1 is 1.15 bits per heavy atom. The van der Waals surface area contributed by atoms with Crippen molar-refractivity contribution in [2.45, 2.75) is 19.1 Å². The molecule has 3 rings (SSSR count). The molecule has 0 aliphatic carbocycles. The van der Waals surface area contributed by atoms with Crippen LogP contribution in [0, 0.1) is 5.82 Å². The molecule has 2 atom stereocenters. The molecule has 0 spiro atoms. The highest BCUT2D eigenvalue weighted by Gasteiger charge is 2.23. The van der Waals surface area contributed by atoms with Gasteiger partial charge in [0.25, 0.3) is 0 Å². The smallest absolute Gasteiger partial charge is 0.191 e. The van der Waals surface area contributed by atoms with Crippen LogP contribution in [0.15, 0.2) is 53.5 Å². The van der Waals surface area contributed by atoms with Crippen LogP contribution in [0.25, 0.3) is 0 Å². The van der Waals surface area contributed by atoms with Gasteiger partial charge in [0.15, 0.2) is 5.96 Å². The molecule has 3 N–H and O–H groups in total. The summed E-state index contributed by atoms with van der Waals surface area (Å²) in [6.07, 6.45) is -0.975. The molecule has 33 heavy (non-hydrogen) atoms. The number of aliphatic hydroxyl groups excluding tert-OH is 1. The third-order valence-electron chi connectivity index (χ3n) is 5.48. The van der Waals surface area contributed by atoms with Crippen molar-refractivity contribution in [2.24, 2.45) is 4.99 Å². The number of rotatable bonds is 9. The molecule has 0 saturated carbocycles. The monoisotopic (exact) mass is 572 g/mol. The van der Waals surface area contributed by atoms with Crippen LogP contribution in [-0.4, -0.2) is 69.0 Å². The Morgan fingerprint density at radius 2 is 1.85 bits per heavy atom. The molecule has 1 fully saturated rings. The molecule has 2 aromatic carbocycles. The first-order chi connectivity index (χ1) is 15.6. The molecule has 0 aromatic heterocycles. The number of nitrogens with zero attached hydrogens (tertiary/aromatic N) is 2. The number of nitrogens with one attached hydrogen (secondary N) is 2. The Morgan fingerprint density at radius 3 is 2.48 bits per heavy atom. The zero-order chi connectivity index (χ0) is 22.8. The number of aliphatic imine (C=N–C) groups is 1. The summed E-state index contributed by atoms with van der Waals surface area (Å²) in [7, 11) is 1.66. The van der Waals surface area contributed by atoms with Gasteiger partial charge in [-0.1, -0.05) is 30.3 Å². The molecule has 1 saturated heterocycles. The second-order valence-corrected chi connectivity index (χ2v) is 7.58. The summed E-state index contributed by atoms with van der Waals surface area (Å²) < 4.78 is 24.8. The van der Waals surface area contributed by atoms with Crippen molar-refractivity contribution in [3.63, 3.8) is 0 Å². The molecule has 7 nitrogen and oxygen atoms in total. The SMILES string of the molecule is CCNC(=NCC(c1ccc(OC)cc1)N1CCOCC1)NCC(O)c1ccccc1F.I. The maximum atomic E-state index is 14.0. The number of benzene rings is 2. The van der Waals surface area contributed by atoms with E-state index in [4.69, 9.17) is 14.5 Å². The molecule has 2 aromatic rings. The Balaban J connectivity index is 0.00000385. The lowest BCUT2D eigenvalue weighted by molar-refractivity contribution is 0.0179. The molecule has 0 radical (unpaired) electrons. The molecule has 0 bridgehead atoms. The zero-order valence-corrected chi connectivity index (χ0v) is 21.5. The number of ether oxygens (including phenoxy) is 2. The van der Waals surface area contributed by atoms with E-state index in [9.17, 15) is 9.50 Å². The van der Waals surface area contributed by atoms with E-state index in [1.54, 1.807) is 25.3 Å². The summed E-state index contributed by atoms with van der Waals surface area (Å²) >= 11 is 0. The largest absolute Gasteiger partial charge is 0.497 e. The molecule has 9 heteroatoms. The van der Waals surface area contributed by atoms with Gasteiger partial charge in [0.1, 0.15) is 11.6 Å². The van der Waals surface area contributed by atoms with Gasteiger partial charge < -0.3 is 25.2 Å². The molecule has 1 aliphatic rings. The lowest BCUT2D eigenvalue weighted by Gasteiger charge is -2.34. The van der Waals surface area contributed by atoms with Crippen molar-refractivity contribution in [3.8, 4) is 5.75 Å². The minimum atomic E-state index is -0.975. The van der Waals surface area contributed by atoms with E-state index >= 15 is 0 Å². The van der Waals surface area contributed by atoms with E-state index in [-0.39, 0.29) is 42.1 Å². The fourth-order valence-electron chi connectivity index (χ4n) is 3.72. The minimum Gasteiger partial charge on any atom is -0.497 e. The second-order valence-electron chi connectivity index (χ2n) is 7.58. The fraction of sp³-hybridized carbons (Fsp3) is 0.458. The van der Waals surface area contributed by atoms with Gasteiger partial charge in [-0.2, -0.15) is 0 Å². The maximum Gasteiger partial charge on any atom is 0.191 e. The van der Waals surface area contributed by atoms with Gasteiger partial charge in [-0.3, -0.25) is 9.89 Å². The molecule has 1 heterocycles. The van der Waals surface area contributed by atoms with Crippen molar-refractivity contribution in [1.29, 1.82) is 0 Å². The topological polar surface area (TPSA) is 78.4 Å². The lowest BCUT2D eigenvalue weighted by Crippen LogP contribution is -2.42. The predicted molar refractivity (Wildman–Crippen MR) is 139 cm³/mol. The maximum absolute atomic E-state index is 14.0. The van der Waals surface area contributed by atoms with Crippen LogP contribution in [0.5, 0.6) is 5.75 Å². The highest BCUT2D eigenvalue weighted by molar-refractivity contribution is 14.0. The molecule has 1 aliphatic heterocycles. The number of hydrogen-bond acceptors (Lipinski definition) is 5. The van der Waals surface area contributed by atoms with E-state index in [2.05, 4.69) is 27.7 Å². The number of methoxy groups -OCH3 is 1. The summed E-state index contributed by atoms with van der Waals surface area (Å²) in [5.74, 6) is 0.973. The highest BCUT2D eigenvalue weighted by atomic mass is 127. The standard InChI is InChI=1S/C24H33FN4O3.HI/c1-3-26-24(28-17-23(30)20-6-4-5-7-21(20)25)27-16-22(29-12-14-32-15-13-29)18-8-10-19(31-2)11-9-18;/h4-11,22-23,30H,3,12-17H2,1-2H3,(H2,26,27,28);1H. The van der Waals surface area contributed by atoms with E-state index in [1.807, 2.05) is 19.1 Å². The van der Waals surface area contributed by atoms with Gasteiger partial charge in [-0.05, 0) is 30.7 Å². The number of halogens is 2. The normalized spacial score (nSPS) is 16.4. The van der Waals surface area contributed by atoms with Crippen LogP contribution >= 0.6 is 24.0 Å². The molecule has 182 valence electrons. The van der Waals surface area contributed by atoms with Crippen LogP contribution in [0.3, 0.4) is 0 Å². The van der Waals surface area contributed by atoms with Crippen LogP contribution in [0.1, 0.15) is 30.2 Å². The average molecular weight is 572 g/mol. The predicted octanol–water partition coefficient (Wildman–Crippen LogP) is 3.11. The highest BCUT2D eigenvalue weighted by Crippen LogP contribution is 2.24. The van der Waals surface area contributed by atoms with Gasteiger partial charge in [-0.15, -0.1) is 24.0 Å². The fourth-order valence-corrected chi connectivity index (χ4v) is 3.72. The van der Waals surface area contributed by atoms with Crippen LogP contribution in [0.4, 0.5) is 4.39 Å². The van der Waals surface area contributed by atoms with E-state index in [0.29, 0.717) is 32.3 Å². The number of aliphatic hydroxyl groups is 1. The Kier molecular flexibility index (Phi) is 11.9. The minimum absolute atomic E-state index is 0. The summed E-state index contributed by atoms with van der Waals surface area (Å²) in [5, 5.41) is 16.7. The van der Waals surface area contributed by atoms with Gasteiger partial charge in [0.05, 0.1) is 39.0 Å². The van der Waals surface area contributed by atoms with Crippen LogP contribution in [0.2, 0.25) is 0 Å². The quantitative estimate of drug-likeness (QED) is 0.244. The summed E-state index contributed by atoms with van der Waals surface area (Å²) in [4.78, 5) is 7.14. The Hall–Kier alpha value is -1.95. The first-order valence-electron chi connectivity index (χ1n) is 11.0. The summed E-state index contributed by atoms with van der Waals surface area (Å²) in [6.45, 7) is 6.40. The zero-order valence-electron chi connectivity index (χ0n) is 19.2. The van der Waals surface area contributed by atoms with E-state index in [0.717, 1.165) is 24.4 Å². The first kappa shape index (κ1) is 27.3. The third kappa shape index (κ3) is 8.09. The van der Waals surface area contributed by atoms with Crippen molar-refractivity contribution < 1.29 is 19.0 Å². The van der Waals surface area contributed by atoms with Crippen molar-refractivity contribution >= 4 is 29.9 Å². The van der Waals surface area contributed by atoms with Crippen molar-refractivity contribution in [1.82, 2.24) is 15.5 Å². The van der Waals surface area contributed by atoms with Gasteiger partial charge in [0.2, 0.25) is 0 Å². The van der Waals surface area contributed by atoms with E-state index < -0.39 is 11.9 Å². The Labute approximate surface area is 212 Å². The molecular formula is C24H34FIN4O3. The lowest BCUT2D eigenvalue weighted by atomic mass is 10.0. The number of hydrogen-bond donors (Lipinski definition) is 3. The molecular weight excluding hydrogens is 538 g/mol. The number of morpholine rings is 1. The van der Waals surface area contributed by atoms with Crippen LogP contribution < -0.4 is 15.4 Å². The Bertz CT molecular complexity index is 863.